The molecule has 6 nitrogen and oxygen atoms in total. The van der Waals surface area contributed by atoms with Gasteiger partial charge in [-0.2, -0.15) is 0 Å². The smallest absolute Gasteiger partial charge is 0.410 e. The van der Waals surface area contributed by atoms with Gasteiger partial charge < -0.3 is 14.4 Å². The summed E-state index contributed by atoms with van der Waals surface area (Å²) in [6.07, 6.45) is 5.27. The SMILES string of the molecule is C=CC1CN(C(=O)OCc2ccccc2)CCC1CCC(=O)c1ccnc2ccc(OC)cc12. The zero-order valence-corrected chi connectivity index (χ0v) is 19.5. The molecule has 3 aromatic rings. The second-order valence-corrected chi connectivity index (χ2v) is 8.64. The molecule has 2 atom stereocenters. The number of rotatable bonds is 8. The van der Waals surface area contributed by atoms with E-state index in [9.17, 15) is 9.59 Å². The van der Waals surface area contributed by atoms with E-state index < -0.39 is 0 Å². The lowest BCUT2D eigenvalue weighted by Crippen LogP contribution is -2.43. The van der Waals surface area contributed by atoms with Gasteiger partial charge in [-0.1, -0.05) is 36.4 Å². The summed E-state index contributed by atoms with van der Waals surface area (Å²) in [6, 6.07) is 17.0. The van der Waals surface area contributed by atoms with Gasteiger partial charge in [-0.25, -0.2) is 4.79 Å². The molecule has 1 aliphatic heterocycles. The zero-order chi connectivity index (χ0) is 23.9. The molecular weight excluding hydrogens is 428 g/mol. The first-order valence-electron chi connectivity index (χ1n) is 11.6. The molecule has 6 heteroatoms. The molecule has 2 unspecified atom stereocenters. The first-order valence-corrected chi connectivity index (χ1v) is 11.6. The van der Waals surface area contributed by atoms with Crippen LogP contribution in [0.15, 0.2) is 73.4 Å². The number of carbonyl (C=O) groups excluding carboxylic acids is 2. The van der Waals surface area contributed by atoms with Crippen molar-refractivity contribution < 1.29 is 19.1 Å². The van der Waals surface area contributed by atoms with Crippen molar-refractivity contribution in [3.63, 3.8) is 0 Å². The maximum Gasteiger partial charge on any atom is 0.410 e. The topological polar surface area (TPSA) is 68.7 Å². The molecule has 0 bridgehead atoms. The van der Waals surface area contributed by atoms with Crippen LogP contribution in [0.3, 0.4) is 0 Å². The Morgan fingerprint density at radius 2 is 2.00 bits per heavy atom. The zero-order valence-electron chi connectivity index (χ0n) is 19.5. The van der Waals surface area contributed by atoms with Crippen LogP contribution in [-0.2, 0) is 11.3 Å². The fourth-order valence-electron chi connectivity index (χ4n) is 4.58. The minimum absolute atomic E-state index is 0.0909. The second-order valence-electron chi connectivity index (χ2n) is 8.64. The first kappa shape index (κ1) is 23.5. The highest BCUT2D eigenvalue weighted by Gasteiger charge is 2.31. The van der Waals surface area contributed by atoms with E-state index in [0.717, 1.165) is 29.3 Å². The van der Waals surface area contributed by atoms with E-state index in [2.05, 4.69) is 11.6 Å². The van der Waals surface area contributed by atoms with Gasteiger partial charge in [0.15, 0.2) is 5.78 Å². The third-order valence-corrected chi connectivity index (χ3v) is 6.56. The van der Waals surface area contributed by atoms with Crippen LogP contribution < -0.4 is 4.74 Å². The Hall–Kier alpha value is -3.67. The lowest BCUT2D eigenvalue weighted by molar-refractivity contribution is 0.0694. The van der Waals surface area contributed by atoms with Crippen LogP contribution in [0.2, 0.25) is 0 Å². The van der Waals surface area contributed by atoms with Crippen LogP contribution in [0, 0.1) is 11.8 Å². The van der Waals surface area contributed by atoms with E-state index in [1.807, 2.05) is 54.6 Å². The van der Waals surface area contributed by atoms with Crippen molar-refractivity contribution in [3.05, 3.63) is 84.6 Å². The molecule has 1 aromatic heterocycles. The van der Waals surface area contributed by atoms with E-state index in [4.69, 9.17) is 9.47 Å². The van der Waals surface area contributed by atoms with Crippen molar-refractivity contribution in [2.24, 2.45) is 11.8 Å². The normalized spacial score (nSPS) is 17.9. The van der Waals surface area contributed by atoms with E-state index in [1.54, 1.807) is 24.3 Å². The number of piperidine rings is 1. The van der Waals surface area contributed by atoms with Crippen molar-refractivity contribution in [1.29, 1.82) is 0 Å². The Labute approximate surface area is 200 Å². The van der Waals surface area contributed by atoms with Crippen molar-refractivity contribution in [2.45, 2.75) is 25.9 Å². The molecule has 4 rings (SSSR count). The molecule has 1 aliphatic rings. The number of carbonyl (C=O) groups is 2. The number of ketones is 1. The average molecular weight is 459 g/mol. The van der Waals surface area contributed by atoms with Gasteiger partial charge in [-0.3, -0.25) is 9.78 Å². The monoisotopic (exact) mass is 458 g/mol. The molecule has 1 amide bonds. The number of ether oxygens (including phenoxy) is 2. The van der Waals surface area contributed by atoms with E-state index in [-0.39, 0.29) is 24.4 Å². The Bertz CT molecular complexity index is 1160. The fraction of sp³-hybridized carbons (Fsp3) is 0.321. The molecule has 2 aromatic carbocycles. The van der Waals surface area contributed by atoms with Gasteiger partial charge in [0.05, 0.1) is 12.6 Å². The molecular formula is C28H30N2O4. The number of nitrogens with zero attached hydrogens (tertiary/aromatic N) is 2. The molecule has 34 heavy (non-hydrogen) atoms. The van der Waals surface area contributed by atoms with Crippen LogP contribution in [-0.4, -0.2) is 42.0 Å². The summed E-state index contributed by atoms with van der Waals surface area (Å²) in [5.74, 6) is 1.21. The molecule has 0 spiro atoms. The Balaban J connectivity index is 1.34. The van der Waals surface area contributed by atoms with Gasteiger partial charge >= 0.3 is 6.09 Å². The highest BCUT2D eigenvalue weighted by molar-refractivity contribution is 6.07. The van der Waals surface area contributed by atoms with Crippen molar-refractivity contribution in [1.82, 2.24) is 9.88 Å². The molecule has 1 fully saturated rings. The van der Waals surface area contributed by atoms with Crippen molar-refractivity contribution in [3.8, 4) is 5.75 Å². The number of pyridine rings is 1. The summed E-state index contributed by atoms with van der Waals surface area (Å²) in [5.41, 5.74) is 2.41. The van der Waals surface area contributed by atoms with Gasteiger partial charge in [0.2, 0.25) is 0 Å². The standard InChI is InChI=1S/C28H30N2O4/c1-3-21-18-30(28(32)34-19-20-7-5-4-6-8-20)16-14-22(21)9-12-27(31)24-13-15-29-26-11-10-23(33-2)17-25(24)26/h3-8,10-11,13,15,17,21-22H,1,9,12,14,16,18-19H2,2H3. The van der Waals surface area contributed by atoms with Crippen molar-refractivity contribution in [2.75, 3.05) is 20.2 Å². The molecule has 0 aliphatic carbocycles. The number of fused-ring (bicyclic) bond motifs is 1. The van der Waals surface area contributed by atoms with Gasteiger partial charge in [0.1, 0.15) is 12.4 Å². The number of hydrogen-bond acceptors (Lipinski definition) is 5. The maximum absolute atomic E-state index is 13.1. The molecule has 0 saturated carbocycles. The molecule has 2 heterocycles. The van der Waals surface area contributed by atoms with Crippen LogP contribution in [0.1, 0.15) is 35.2 Å². The minimum Gasteiger partial charge on any atom is -0.497 e. The molecule has 0 radical (unpaired) electrons. The van der Waals surface area contributed by atoms with Crippen LogP contribution in [0.5, 0.6) is 5.75 Å². The van der Waals surface area contributed by atoms with Gasteiger partial charge in [-0.15, -0.1) is 6.58 Å². The average Bonchev–Trinajstić information content (AvgIpc) is 2.90. The third-order valence-electron chi connectivity index (χ3n) is 6.56. The van der Waals surface area contributed by atoms with Crippen LogP contribution >= 0.6 is 0 Å². The number of methoxy groups -OCH3 is 1. The van der Waals surface area contributed by atoms with Gasteiger partial charge in [-0.05, 0) is 54.5 Å². The Kier molecular flexibility index (Phi) is 7.58. The maximum atomic E-state index is 13.1. The van der Waals surface area contributed by atoms with Crippen molar-refractivity contribution >= 4 is 22.8 Å². The predicted octanol–water partition coefficient (Wildman–Crippen LogP) is 5.67. The van der Waals surface area contributed by atoms with E-state index in [1.165, 1.54) is 0 Å². The fourth-order valence-corrected chi connectivity index (χ4v) is 4.58. The lowest BCUT2D eigenvalue weighted by Gasteiger charge is -2.36. The Morgan fingerprint density at radius 1 is 1.18 bits per heavy atom. The number of hydrogen-bond donors (Lipinski definition) is 0. The number of Topliss-reactive ketones (excluding diaryl/α,β-unsaturated/α-hetero) is 1. The summed E-state index contributed by atoms with van der Waals surface area (Å²) in [7, 11) is 1.61. The number of amides is 1. The molecule has 1 saturated heterocycles. The van der Waals surface area contributed by atoms with Crippen LogP contribution in [0.25, 0.3) is 10.9 Å². The summed E-state index contributed by atoms with van der Waals surface area (Å²) >= 11 is 0. The van der Waals surface area contributed by atoms with Gasteiger partial charge in [0.25, 0.3) is 0 Å². The van der Waals surface area contributed by atoms with Crippen LogP contribution in [0.4, 0.5) is 4.79 Å². The predicted molar refractivity (Wildman–Crippen MR) is 132 cm³/mol. The largest absolute Gasteiger partial charge is 0.497 e. The lowest BCUT2D eigenvalue weighted by atomic mass is 9.81. The highest BCUT2D eigenvalue weighted by Crippen LogP contribution is 2.30. The number of aromatic nitrogens is 1. The number of likely N-dealkylation sites (tertiary alicyclic amines) is 1. The van der Waals surface area contributed by atoms with E-state index >= 15 is 0 Å². The third kappa shape index (κ3) is 5.45. The van der Waals surface area contributed by atoms with Gasteiger partial charge in [0, 0.05) is 36.7 Å². The molecule has 176 valence electrons. The quantitative estimate of drug-likeness (QED) is 0.321. The van der Waals surface area contributed by atoms with E-state index in [0.29, 0.717) is 36.7 Å². The summed E-state index contributed by atoms with van der Waals surface area (Å²) in [6.45, 7) is 5.42. The second kappa shape index (κ2) is 11.0. The molecule has 0 N–H and O–H groups in total. The first-order chi connectivity index (χ1) is 16.6. The minimum atomic E-state index is -0.303. The summed E-state index contributed by atoms with van der Waals surface area (Å²) in [4.78, 5) is 31.8. The highest BCUT2D eigenvalue weighted by atomic mass is 16.6. The summed E-state index contributed by atoms with van der Waals surface area (Å²) in [5, 5.41) is 0.808. The summed E-state index contributed by atoms with van der Waals surface area (Å²) < 4.78 is 10.8. The number of benzene rings is 2. The Morgan fingerprint density at radius 3 is 2.76 bits per heavy atom.